The molecule has 1 saturated heterocycles. The predicted octanol–water partition coefficient (Wildman–Crippen LogP) is 0.783. The Balaban J connectivity index is 1.73. The molecule has 2 heterocycles. The summed E-state index contributed by atoms with van der Waals surface area (Å²) in [5, 5.41) is 2.94. The molecule has 0 bridgehead atoms. The molecule has 0 spiro atoms. The summed E-state index contributed by atoms with van der Waals surface area (Å²) in [4.78, 5) is 17.8. The zero-order chi connectivity index (χ0) is 11.4. The van der Waals surface area contributed by atoms with Crippen molar-refractivity contribution in [3.63, 3.8) is 0 Å². The van der Waals surface area contributed by atoms with Gasteiger partial charge in [0.2, 0.25) is 0 Å². The lowest BCUT2D eigenvalue weighted by Crippen LogP contribution is -2.38. The second-order valence-electron chi connectivity index (χ2n) is 4.40. The lowest BCUT2D eigenvalue weighted by Gasteiger charge is -2.28. The van der Waals surface area contributed by atoms with Crippen LogP contribution in [0.3, 0.4) is 0 Å². The van der Waals surface area contributed by atoms with Crippen LogP contribution in [0.25, 0.3) is 0 Å². The topological polar surface area (TPSA) is 50.2 Å². The van der Waals surface area contributed by atoms with Crippen LogP contribution in [0.4, 0.5) is 4.79 Å². The van der Waals surface area contributed by atoms with Crippen molar-refractivity contribution in [2.75, 3.05) is 26.7 Å². The number of rotatable bonds is 2. The molecule has 0 radical (unpaired) electrons. The van der Waals surface area contributed by atoms with Crippen molar-refractivity contribution in [3.05, 3.63) is 18.7 Å². The van der Waals surface area contributed by atoms with Gasteiger partial charge in [0.05, 0.1) is 0 Å². The molecule has 0 unspecified atom stereocenters. The van der Waals surface area contributed by atoms with E-state index in [0.29, 0.717) is 5.92 Å². The van der Waals surface area contributed by atoms with Crippen molar-refractivity contribution in [2.24, 2.45) is 5.92 Å². The van der Waals surface area contributed by atoms with E-state index in [4.69, 9.17) is 0 Å². The van der Waals surface area contributed by atoms with Crippen LogP contribution in [-0.2, 0) is 0 Å². The lowest BCUT2D eigenvalue weighted by atomic mass is 9.97. The smallest absolute Gasteiger partial charge is 0.326 e. The number of amides is 1. The van der Waals surface area contributed by atoms with Crippen molar-refractivity contribution in [3.8, 4) is 0 Å². The number of likely N-dealkylation sites (tertiary alicyclic amines) is 1. The summed E-state index contributed by atoms with van der Waals surface area (Å²) in [5.41, 5.74) is 0. The standard InChI is InChI=1S/C11H18N4O/c1-14-5-2-10(3-6-14)8-13-11(16)15-7-4-12-9-15/h4,7,9-10H,2-3,5-6,8H2,1H3,(H,13,16). The van der Waals surface area contributed by atoms with Gasteiger partial charge in [0.25, 0.3) is 0 Å². The van der Waals surface area contributed by atoms with Crippen molar-refractivity contribution >= 4 is 6.03 Å². The molecule has 1 N–H and O–H groups in total. The molecule has 1 amide bonds. The number of hydrogen-bond donors (Lipinski definition) is 1. The Kier molecular flexibility index (Phi) is 3.56. The second kappa shape index (κ2) is 5.12. The summed E-state index contributed by atoms with van der Waals surface area (Å²) in [6.07, 6.45) is 7.12. The fourth-order valence-corrected chi connectivity index (χ4v) is 1.97. The van der Waals surface area contributed by atoms with Crippen LogP contribution in [-0.4, -0.2) is 47.2 Å². The van der Waals surface area contributed by atoms with Crippen LogP contribution >= 0.6 is 0 Å². The predicted molar refractivity (Wildman–Crippen MR) is 61.2 cm³/mol. The fraction of sp³-hybridized carbons (Fsp3) is 0.636. The third kappa shape index (κ3) is 2.82. The van der Waals surface area contributed by atoms with Crippen molar-refractivity contribution in [1.29, 1.82) is 0 Å². The molecule has 1 aromatic heterocycles. The van der Waals surface area contributed by atoms with Crippen LogP contribution in [0.15, 0.2) is 18.7 Å². The Labute approximate surface area is 95.5 Å². The van der Waals surface area contributed by atoms with E-state index >= 15 is 0 Å². The van der Waals surface area contributed by atoms with Crippen LogP contribution in [0.5, 0.6) is 0 Å². The molecule has 1 fully saturated rings. The minimum Gasteiger partial charge on any atom is -0.337 e. The highest BCUT2D eigenvalue weighted by Gasteiger charge is 2.17. The molecule has 1 aliphatic rings. The number of carbonyl (C=O) groups is 1. The quantitative estimate of drug-likeness (QED) is 0.804. The Morgan fingerprint density at radius 2 is 2.25 bits per heavy atom. The summed E-state index contributed by atoms with van der Waals surface area (Å²) in [6, 6.07) is -0.0866. The van der Waals surface area contributed by atoms with Gasteiger partial charge in [-0.15, -0.1) is 0 Å². The van der Waals surface area contributed by atoms with E-state index < -0.39 is 0 Å². The number of nitrogens with zero attached hydrogens (tertiary/aromatic N) is 3. The molecule has 88 valence electrons. The highest BCUT2D eigenvalue weighted by molar-refractivity contribution is 5.76. The molecule has 1 aromatic rings. The molecule has 0 atom stereocenters. The van der Waals surface area contributed by atoms with Gasteiger partial charge in [-0.2, -0.15) is 0 Å². The summed E-state index contributed by atoms with van der Waals surface area (Å²) >= 11 is 0. The molecule has 0 aromatic carbocycles. The largest absolute Gasteiger partial charge is 0.337 e. The Morgan fingerprint density at radius 1 is 1.50 bits per heavy atom. The van der Waals surface area contributed by atoms with Gasteiger partial charge >= 0.3 is 6.03 Å². The van der Waals surface area contributed by atoms with Gasteiger partial charge in [-0.3, -0.25) is 4.57 Å². The van der Waals surface area contributed by atoms with Crippen molar-refractivity contribution in [2.45, 2.75) is 12.8 Å². The second-order valence-corrected chi connectivity index (χ2v) is 4.40. The average Bonchev–Trinajstić information content (AvgIpc) is 2.81. The van der Waals surface area contributed by atoms with Gasteiger partial charge in [0, 0.05) is 18.9 Å². The fourth-order valence-electron chi connectivity index (χ4n) is 1.97. The van der Waals surface area contributed by atoms with Gasteiger partial charge in [-0.25, -0.2) is 9.78 Å². The third-order valence-electron chi connectivity index (χ3n) is 3.12. The van der Waals surface area contributed by atoms with Crippen LogP contribution < -0.4 is 5.32 Å². The Hall–Kier alpha value is -1.36. The molecule has 2 rings (SSSR count). The Morgan fingerprint density at radius 3 is 2.88 bits per heavy atom. The maximum Gasteiger partial charge on any atom is 0.326 e. The lowest BCUT2D eigenvalue weighted by molar-refractivity contribution is 0.210. The third-order valence-corrected chi connectivity index (χ3v) is 3.12. The Bertz CT molecular complexity index is 328. The summed E-state index contributed by atoms with van der Waals surface area (Å²) in [7, 11) is 2.14. The first kappa shape index (κ1) is 11.1. The highest BCUT2D eigenvalue weighted by Crippen LogP contribution is 2.14. The van der Waals surface area contributed by atoms with Crippen molar-refractivity contribution in [1.82, 2.24) is 19.8 Å². The van der Waals surface area contributed by atoms with E-state index in [9.17, 15) is 4.79 Å². The first-order valence-electron chi connectivity index (χ1n) is 5.70. The number of piperidine rings is 1. The van der Waals surface area contributed by atoms with Gasteiger partial charge in [-0.1, -0.05) is 0 Å². The van der Waals surface area contributed by atoms with E-state index in [1.807, 2.05) is 0 Å². The maximum absolute atomic E-state index is 11.6. The van der Waals surface area contributed by atoms with Gasteiger partial charge < -0.3 is 10.2 Å². The highest BCUT2D eigenvalue weighted by atomic mass is 16.2. The molecule has 0 aliphatic carbocycles. The first-order chi connectivity index (χ1) is 7.75. The molecular formula is C11H18N4O. The number of carbonyl (C=O) groups excluding carboxylic acids is 1. The van der Waals surface area contributed by atoms with E-state index in [-0.39, 0.29) is 6.03 Å². The summed E-state index contributed by atoms with van der Waals surface area (Å²) in [5.74, 6) is 0.615. The van der Waals surface area contributed by atoms with Crippen LogP contribution in [0.2, 0.25) is 0 Å². The van der Waals surface area contributed by atoms with Gasteiger partial charge in [-0.05, 0) is 38.9 Å². The number of nitrogens with one attached hydrogen (secondary N) is 1. The minimum atomic E-state index is -0.0866. The monoisotopic (exact) mass is 222 g/mol. The van der Waals surface area contributed by atoms with E-state index in [1.54, 1.807) is 12.4 Å². The first-order valence-corrected chi connectivity index (χ1v) is 5.70. The maximum atomic E-state index is 11.6. The van der Waals surface area contributed by atoms with E-state index in [0.717, 1.165) is 19.6 Å². The molecule has 1 aliphatic heterocycles. The van der Waals surface area contributed by atoms with E-state index in [1.165, 1.54) is 23.7 Å². The zero-order valence-corrected chi connectivity index (χ0v) is 9.59. The SMILES string of the molecule is CN1CCC(CNC(=O)n2ccnc2)CC1. The zero-order valence-electron chi connectivity index (χ0n) is 9.59. The van der Waals surface area contributed by atoms with Crippen molar-refractivity contribution < 1.29 is 4.79 Å². The minimum absolute atomic E-state index is 0.0866. The molecular weight excluding hydrogens is 204 g/mol. The number of aromatic nitrogens is 2. The summed E-state index contributed by atoms with van der Waals surface area (Å²) < 4.78 is 1.47. The molecule has 5 nitrogen and oxygen atoms in total. The van der Waals surface area contributed by atoms with Gasteiger partial charge in [0.1, 0.15) is 6.33 Å². The van der Waals surface area contributed by atoms with Crippen LogP contribution in [0.1, 0.15) is 12.8 Å². The molecule has 16 heavy (non-hydrogen) atoms. The average molecular weight is 222 g/mol. The summed E-state index contributed by atoms with van der Waals surface area (Å²) in [6.45, 7) is 3.03. The van der Waals surface area contributed by atoms with Gasteiger partial charge in [0.15, 0.2) is 0 Å². The van der Waals surface area contributed by atoms with Crippen LogP contribution in [0, 0.1) is 5.92 Å². The molecule has 5 heteroatoms. The molecule has 0 saturated carbocycles. The number of imidazole rings is 1. The van der Waals surface area contributed by atoms with E-state index in [2.05, 4.69) is 22.2 Å². The normalized spacial score (nSPS) is 18.6. The number of hydrogen-bond acceptors (Lipinski definition) is 3.